The van der Waals surface area contributed by atoms with Crippen LogP contribution in [0.15, 0.2) is 28.7 Å². The summed E-state index contributed by atoms with van der Waals surface area (Å²) < 4.78 is 1.16. The monoisotopic (exact) mass is 267 g/mol. The molecular weight excluding hydrogens is 250 g/mol. The third kappa shape index (κ3) is 2.61. The minimum atomic E-state index is 0.567. The molecule has 1 fully saturated rings. The molecule has 2 rings (SSSR count). The molecule has 82 valence electrons. The van der Waals surface area contributed by atoms with Gasteiger partial charge in [0.25, 0.3) is 0 Å². The molecule has 0 saturated heterocycles. The molecule has 0 bridgehead atoms. The molecule has 1 unspecified atom stereocenters. The molecule has 15 heavy (non-hydrogen) atoms. The standard InChI is InChI=1S/C13H18BrN/c1-2-15-13(10-4-3-5-10)11-6-8-12(14)9-7-11/h6-10,13,15H,2-5H2,1H3. The van der Waals surface area contributed by atoms with Crippen molar-refractivity contribution in [2.75, 3.05) is 6.54 Å². The quantitative estimate of drug-likeness (QED) is 0.873. The van der Waals surface area contributed by atoms with Crippen LogP contribution in [0.2, 0.25) is 0 Å². The minimum Gasteiger partial charge on any atom is -0.310 e. The van der Waals surface area contributed by atoms with Crippen molar-refractivity contribution in [3.8, 4) is 0 Å². The van der Waals surface area contributed by atoms with Crippen molar-refractivity contribution < 1.29 is 0 Å². The van der Waals surface area contributed by atoms with Gasteiger partial charge in [-0.15, -0.1) is 0 Å². The van der Waals surface area contributed by atoms with Crippen LogP contribution in [0.25, 0.3) is 0 Å². The van der Waals surface area contributed by atoms with Crippen molar-refractivity contribution in [2.24, 2.45) is 5.92 Å². The van der Waals surface area contributed by atoms with E-state index in [-0.39, 0.29) is 0 Å². The average molecular weight is 268 g/mol. The molecule has 0 heterocycles. The SMILES string of the molecule is CCNC(c1ccc(Br)cc1)C1CCC1. The van der Waals surface area contributed by atoms with Gasteiger partial charge in [-0.25, -0.2) is 0 Å². The first-order chi connectivity index (χ1) is 7.31. The van der Waals surface area contributed by atoms with Crippen molar-refractivity contribution in [1.29, 1.82) is 0 Å². The third-order valence-corrected chi connectivity index (χ3v) is 3.80. The second-order valence-corrected chi connectivity index (χ2v) is 5.19. The van der Waals surface area contributed by atoms with E-state index < -0.39 is 0 Å². The normalized spacial score (nSPS) is 18.5. The van der Waals surface area contributed by atoms with Crippen molar-refractivity contribution in [2.45, 2.75) is 32.2 Å². The minimum absolute atomic E-state index is 0.567. The van der Waals surface area contributed by atoms with E-state index in [1.165, 1.54) is 24.8 Å². The van der Waals surface area contributed by atoms with Gasteiger partial charge in [0, 0.05) is 10.5 Å². The zero-order chi connectivity index (χ0) is 10.7. The van der Waals surface area contributed by atoms with Gasteiger partial charge in [0.1, 0.15) is 0 Å². The molecule has 1 nitrogen and oxygen atoms in total. The maximum atomic E-state index is 3.60. The van der Waals surface area contributed by atoms with Crippen LogP contribution in [-0.4, -0.2) is 6.54 Å². The highest BCUT2D eigenvalue weighted by molar-refractivity contribution is 9.10. The molecule has 0 aromatic heterocycles. The Hall–Kier alpha value is -0.340. The van der Waals surface area contributed by atoms with Gasteiger partial charge in [0.15, 0.2) is 0 Å². The zero-order valence-corrected chi connectivity index (χ0v) is 10.8. The van der Waals surface area contributed by atoms with E-state index in [0.717, 1.165) is 16.9 Å². The summed E-state index contributed by atoms with van der Waals surface area (Å²) in [4.78, 5) is 0. The number of rotatable bonds is 4. The summed E-state index contributed by atoms with van der Waals surface area (Å²) in [5.74, 6) is 0.853. The Morgan fingerprint density at radius 3 is 2.47 bits per heavy atom. The van der Waals surface area contributed by atoms with Crippen molar-refractivity contribution in [1.82, 2.24) is 5.32 Å². The fourth-order valence-corrected chi connectivity index (χ4v) is 2.48. The Balaban J connectivity index is 2.12. The Labute approximate surface area is 100 Å². The van der Waals surface area contributed by atoms with E-state index in [9.17, 15) is 0 Å². The number of halogens is 1. The average Bonchev–Trinajstić information content (AvgIpc) is 2.16. The fourth-order valence-electron chi connectivity index (χ4n) is 2.22. The molecule has 0 radical (unpaired) electrons. The summed E-state index contributed by atoms with van der Waals surface area (Å²) in [5, 5.41) is 3.60. The molecule has 2 heteroatoms. The third-order valence-electron chi connectivity index (χ3n) is 3.27. The summed E-state index contributed by atoms with van der Waals surface area (Å²) in [5.41, 5.74) is 1.43. The molecule has 1 N–H and O–H groups in total. The van der Waals surface area contributed by atoms with Crippen LogP contribution in [0.1, 0.15) is 37.8 Å². The van der Waals surface area contributed by atoms with E-state index >= 15 is 0 Å². The number of benzene rings is 1. The molecule has 1 aliphatic rings. The van der Waals surface area contributed by atoms with Crippen LogP contribution >= 0.6 is 15.9 Å². The molecule has 1 aliphatic carbocycles. The summed E-state index contributed by atoms with van der Waals surface area (Å²) in [6.45, 7) is 3.24. The fraction of sp³-hybridized carbons (Fsp3) is 0.538. The molecule has 1 saturated carbocycles. The summed E-state index contributed by atoms with van der Waals surface area (Å²) in [6.07, 6.45) is 4.17. The van der Waals surface area contributed by atoms with Crippen LogP contribution in [0.4, 0.5) is 0 Å². The Kier molecular flexibility index (Phi) is 3.81. The Morgan fingerprint density at radius 1 is 1.33 bits per heavy atom. The largest absolute Gasteiger partial charge is 0.310 e. The second-order valence-electron chi connectivity index (χ2n) is 4.28. The van der Waals surface area contributed by atoms with E-state index in [0.29, 0.717) is 6.04 Å². The topological polar surface area (TPSA) is 12.0 Å². The van der Waals surface area contributed by atoms with Gasteiger partial charge in [0.05, 0.1) is 0 Å². The van der Waals surface area contributed by atoms with Gasteiger partial charge in [0.2, 0.25) is 0 Å². The maximum Gasteiger partial charge on any atom is 0.0348 e. The van der Waals surface area contributed by atoms with Crippen LogP contribution in [-0.2, 0) is 0 Å². The number of nitrogens with one attached hydrogen (secondary N) is 1. The Morgan fingerprint density at radius 2 is 2.00 bits per heavy atom. The predicted octanol–water partition coefficient (Wildman–Crippen LogP) is 3.90. The lowest BCUT2D eigenvalue weighted by Crippen LogP contribution is -2.32. The van der Waals surface area contributed by atoms with E-state index in [1.807, 2.05) is 0 Å². The highest BCUT2D eigenvalue weighted by Gasteiger charge is 2.27. The first-order valence-corrected chi connectivity index (χ1v) is 6.59. The molecular formula is C13H18BrN. The van der Waals surface area contributed by atoms with Gasteiger partial charge < -0.3 is 5.32 Å². The molecule has 0 spiro atoms. The molecule has 1 aromatic rings. The number of hydrogen-bond acceptors (Lipinski definition) is 1. The van der Waals surface area contributed by atoms with Gasteiger partial charge in [-0.05, 0) is 43.0 Å². The molecule has 0 aliphatic heterocycles. The first-order valence-electron chi connectivity index (χ1n) is 5.80. The van der Waals surface area contributed by atoms with E-state index in [4.69, 9.17) is 0 Å². The zero-order valence-electron chi connectivity index (χ0n) is 9.17. The highest BCUT2D eigenvalue weighted by atomic mass is 79.9. The van der Waals surface area contributed by atoms with Gasteiger partial charge >= 0.3 is 0 Å². The molecule has 0 amide bonds. The summed E-state index contributed by atoms with van der Waals surface area (Å²) in [7, 11) is 0. The smallest absolute Gasteiger partial charge is 0.0348 e. The second kappa shape index (κ2) is 5.13. The molecule has 1 aromatic carbocycles. The van der Waals surface area contributed by atoms with Crippen molar-refractivity contribution in [3.63, 3.8) is 0 Å². The van der Waals surface area contributed by atoms with Gasteiger partial charge in [-0.3, -0.25) is 0 Å². The summed E-state index contributed by atoms with van der Waals surface area (Å²) >= 11 is 3.48. The van der Waals surface area contributed by atoms with Crippen LogP contribution in [0.3, 0.4) is 0 Å². The van der Waals surface area contributed by atoms with Crippen molar-refractivity contribution in [3.05, 3.63) is 34.3 Å². The van der Waals surface area contributed by atoms with Crippen LogP contribution in [0, 0.1) is 5.92 Å². The lowest BCUT2D eigenvalue weighted by molar-refractivity contribution is 0.233. The summed E-state index contributed by atoms with van der Waals surface area (Å²) in [6, 6.07) is 9.30. The molecule has 1 atom stereocenters. The maximum absolute atomic E-state index is 3.60. The van der Waals surface area contributed by atoms with Crippen LogP contribution in [0.5, 0.6) is 0 Å². The van der Waals surface area contributed by atoms with Crippen LogP contribution < -0.4 is 5.32 Å². The highest BCUT2D eigenvalue weighted by Crippen LogP contribution is 2.37. The predicted molar refractivity (Wildman–Crippen MR) is 67.9 cm³/mol. The lowest BCUT2D eigenvalue weighted by atomic mass is 9.77. The first kappa shape index (κ1) is 11.2. The lowest BCUT2D eigenvalue weighted by Gasteiger charge is -2.34. The van der Waals surface area contributed by atoms with Gasteiger partial charge in [-0.1, -0.05) is 41.4 Å². The Bertz CT molecular complexity index is 303. The van der Waals surface area contributed by atoms with E-state index in [2.05, 4.69) is 52.4 Å². The van der Waals surface area contributed by atoms with Gasteiger partial charge in [-0.2, -0.15) is 0 Å². The number of hydrogen-bond donors (Lipinski definition) is 1. The van der Waals surface area contributed by atoms with E-state index in [1.54, 1.807) is 0 Å². The van der Waals surface area contributed by atoms with Crippen molar-refractivity contribution >= 4 is 15.9 Å².